The minimum atomic E-state index is -3.71. The number of likely N-dealkylation sites (N-methyl/N-ethyl adjacent to an activating group) is 1. The predicted octanol–water partition coefficient (Wildman–Crippen LogP) is 2.16. The van der Waals surface area contributed by atoms with Crippen molar-refractivity contribution in [3.05, 3.63) is 48.4 Å². The van der Waals surface area contributed by atoms with Crippen LogP contribution in [0.25, 0.3) is 11.0 Å². The maximum atomic E-state index is 13.1. The largest absolute Gasteiger partial charge is 0.355 e. The summed E-state index contributed by atoms with van der Waals surface area (Å²) >= 11 is 0. The van der Waals surface area contributed by atoms with Crippen molar-refractivity contribution in [2.24, 2.45) is 0 Å². The average molecular weight is 385 g/mol. The standard InChI is InChI=1S/C19H23N5O2S/c1-14-5-7-16(8-6-14)27(25,26)24-11-9-17-18(21-13-22-19(17)24)23(2)15-4-3-10-20-12-15/h5-9,11,13,15,20H,3-4,10,12H2,1-2H3/t15-/m1/s1. The Kier molecular flexibility index (Phi) is 4.61. The van der Waals surface area contributed by atoms with Crippen LogP contribution < -0.4 is 10.2 Å². The van der Waals surface area contributed by atoms with Gasteiger partial charge in [-0.15, -0.1) is 0 Å². The van der Waals surface area contributed by atoms with Crippen molar-refractivity contribution in [2.45, 2.75) is 30.7 Å². The second kappa shape index (κ2) is 6.94. The number of piperidine rings is 1. The molecular weight excluding hydrogens is 362 g/mol. The van der Waals surface area contributed by atoms with Crippen LogP contribution in [-0.4, -0.2) is 48.5 Å². The molecule has 0 amide bonds. The normalized spacial score (nSPS) is 17.9. The molecule has 2 aromatic heterocycles. The molecule has 0 spiro atoms. The van der Waals surface area contributed by atoms with Crippen LogP contribution in [0.5, 0.6) is 0 Å². The van der Waals surface area contributed by atoms with Gasteiger partial charge in [-0.25, -0.2) is 22.4 Å². The van der Waals surface area contributed by atoms with Gasteiger partial charge in [-0.05, 0) is 44.5 Å². The zero-order chi connectivity index (χ0) is 19.0. The van der Waals surface area contributed by atoms with Crippen molar-refractivity contribution >= 4 is 26.9 Å². The van der Waals surface area contributed by atoms with E-state index in [1.807, 2.05) is 14.0 Å². The van der Waals surface area contributed by atoms with E-state index in [1.54, 1.807) is 36.5 Å². The van der Waals surface area contributed by atoms with Crippen LogP contribution >= 0.6 is 0 Å². The van der Waals surface area contributed by atoms with E-state index in [0.29, 0.717) is 11.7 Å². The van der Waals surface area contributed by atoms with Gasteiger partial charge in [-0.1, -0.05) is 17.7 Å². The van der Waals surface area contributed by atoms with E-state index in [4.69, 9.17) is 0 Å². The lowest BCUT2D eigenvalue weighted by Crippen LogP contribution is -2.44. The second-order valence-corrected chi connectivity index (χ2v) is 8.79. The topological polar surface area (TPSA) is 80.1 Å². The first kappa shape index (κ1) is 17.9. The third kappa shape index (κ3) is 3.19. The summed E-state index contributed by atoms with van der Waals surface area (Å²) in [7, 11) is -1.71. The summed E-state index contributed by atoms with van der Waals surface area (Å²) in [5.41, 5.74) is 1.41. The molecule has 1 aliphatic heterocycles. The Morgan fingerprint density at radius 1 is 1.19 bits per heavy atom. The SMILES string of the molecule is Cc1ccc(S(=O)(=O)n2ccc3c(N(C)[C@@H]4CCCNC4)ncnc32)cc1. The number of nitrogens with one attached hydrogen (secondary N) is 1. The predicted molar refractivity (Wildman–Crippen MR) is 106 cm³/mol. The van der Waals surface area contributed by atoms with E-state index >= 15 is 0 Å². The molecule has 0 unspecified atom stereocenters. The number of aryl methyl sites for hydroxylation is 1. The highest BCUT2D eigenvalue weighted by Gasteiger charge is 2.24. The van der Waals surface area contributed by atoms with Gasteiger partial charge in [-0.2, -0.15) is 0 Å². The van der Waals surface area contributed by atoms with E-state index in [9.17, 15) is 8.42 Å². The van der Waals surface area contributed by atoms with E-state index in [2.05, 4.69) is 20.2 Å². The number of hydrogen-bond acceptors (Lipinski definition) is 6. The molecule has 0 aliphatic carbocycles. The Bertz CT molecular complexity index is 1050. The molecular formula is C19H23N5O2S. The van der Waals surface area contributed by atoms with Gasteiger partial charge in [0.1, 0.15) is 12.1 Å². The summed E-state index contributed by atoms with van der Waals surface area (Å²) < 4.78 is 27.4. The quantitative estimate of drug-likeness (QED) is 0.741. The van der Waals surface area contributed by atoms with Crippen molar-refractivity contribution in [3.63, 3.8) is 0 Å². The Morgan fingerprint density at radius 3 is 2.67 bits per heavy atom. The fourth-order valence-electron chi connectivity index (χ4n) is 3.55. The number of fused-ring (bicyclic) bond motifs is 1. The van der Waals surface area contributed by atoms with Crippen molar-refractivity contribution in [1.29, 1.82) is 0 Å². The van der Waals surface area contributed by atoms with Crippen LogP contribution in [0.4, 0.5) is 5.82 Å². The van der Waals surface area contributed by atoms with Crippen molar-refractivity contribution < 1.29 is 8.42 Å². The van der Waals surface area contributed by atoms with Crippen LogP contribution in [0.1, 0.15) is 18.4 Å². The summed E-state index contributed by atoms with van der Waals surface area (Å²) in [5, 5.41) is 4.14. The minimum Gasteiger partial charge on any atom is -0.355 e. The van der Waals surface area contributed by atoms with Crippen LogP contribution in [0.2, 0.25) is 0 Å². The molecule has 3 aromatic rings. The monoisotopic (exact) mass is 385 g/mol. The van der Waals surface area contributed by atoms with Gasteiger partial charge in [0.15, 0.2) is 5.65 Å². The smallest absolute Gasteiger partial charge is 0.269 e. The molecule has 0 saturated carbocycles. The fourth-order valence-corrected chi connectivity index (χ4v) is 4.85. The highest BCUT2D eigenvalue weighted by molar-refractivity contribution is 7.90. The Morgan fingerprint density at radius 2 is 1.96 bits per heavy atom. The number of nitrogens with zero attached hydrogens (tertiary/aromatic N) is 4. The summed E-state index contributed by atoms with van der Waals surface area (Å²) in [4.78, 5) is 11.1. The highest BCUT2D eigenvalue weighted by atomic mass is 32.2. The van der Waals surface area contributed by atoms with Crippen LogP contribution in [0, 0.1) is 6.92 Å². The van der Waals surface area contributed by atoms with Gasteiger partial charge < -0.3 is 10.2 Å². The van der Waals surface area contributed by atoms with Crippen molar-refractivity contribution in [2.75, 3.05) is 25.0 Å². The third-order valence-electron chi connectivity index (χ3n) is 5.16. The van der Waals surface area contributed by atoms with Crippen molar-refractivity contribution in [1.82, 2.24) is 19.3 Å². The molecule has 3 heterocycles. The first-order valence-corrected chi connectivity index (χ1v) is 10.5. The summed E-state index contributed by atoms with van der Waals surface area (Å²) in [6, 6.07) is 8.94. The molecule has 1 aromatic carbocycles. The van der Waals surface area contributed by atoms with Gasteiger partial charge >= 0.3 is 0 Å². The number of benzene rings is 1. The first-order chi connectivity index (χ1) is 13.0. The lowest BCUT2D eigenvalue weighted by molar-refractivity contribution is 0.444. The maximum absolute atomic E-state index is 13.1. The maximum Gasteiger partial charge on any atom is 0.269 e. The van der Waals surface area contributed by atoms with Gasteiger partial charge in [0, 0.05) is 25.8 Å². The molecule has 0 radical (unpaired) electrons. The highest BCUT2D eigenvalue weighted by Crippen LogP contribution is 2.28. The Balaban J connectivity index is 1.77. The average Bonchev–Trinajstić information content (AvgIpc) is 3.13. The van der Waals surface area contributed by atoms with E-state index < -0.39 is 10.0 Å². The number of aromatic nitrogens is 3. The molecule has 4 rings (SSSR count). The molecule has 1 aliphatic rings. The first-order valence-electron chi connectivity index (χ1n) is 9.06. The van der Waals surface area contributed by atoms with Gasteiger partial charge in [0.25, 0.3) is 10.0 Å². The molecule has 27 heavy (non-hydrogen) atoms. The van der Waals surface area contributed by atoms with Crippen LogP contribution in [0.3, 0.4) is 0 Å². The van der Waals surface area contributed by atoms with Crippen LogP contribution in [0.15, 0.2) is 47.8 Å². The molecule has 8 heteroatoms. The number of anilines is 1. The lowest BCUT2D eigenvalue weighted by Gasteiger charge is -2.32. The number of hydrogen-bond donors (Lipinski definition) is 1. The summed E-state index contributed by atoms with van der Waals surface area (Å²) in [5.74, 6) is 0.756. The second-order valence-electron chi connectivity index (χ2n) is 6.98. The molecule has 1 fully saturated rings. The van der Waals surface area contributed by atoms with E-state index in [0.717, 1.165) is 42.7 Å². The molecule has 7 nitrogen and oxygen atoms in total. The van der Waals surface area contributed by atoms with Gasteiger partial charge in [-0.3, -0.25) is 0 Å². The van der Waals surface area contributed by atoms with E-state index in [-0.39, 0.29) is 4.90 Å². The van der Waals surface area contributed by atoms with E-state index in [1.165, 1.54) is 10.3 Å². The summed E-state index contributed by atoms with van der Waals surface area (Å²) in [6.07, 6.45) is 5.19. The molecule has 1 saturated heterocycles. The van der Waals surface area contributed by atoms with Crippen LogP contribution in [-0.2, 0) is 10.0 Å². The molecule has 142 valence electrons. The summed E-state index contributed by atoms with van der Waals surface area (Å²) in [6.45, 7) is 3.86. The fraction of sp³-hybridized carbons (Fsp3) is 0.368. The van der Waals surface area contributed by atoms with Gasteiger partial charge in [0.2, 0.25) is 0 Å². The lowest BCUT2D eigenvalue weighted by atomic mass is 10.1. The molecule has 1 atom stereocenters. The van der Waals surface area contributed by atoms with Crippen molar-refractivity contribution in [3.8, 4) is 0 Å². The Labute approximate surface area is 159 Å². The Hall–Kier alpha value is -2.45. The third-order valence-corrected chi connectivity index (χ3v) is 6.84. The molecule has 1 N–H and O–H groups in total. The number of rotatable bonds is 4. The zero-order valence-corrected chi connectivity index (χ0v) is 16.3. The molecule has 0 bridgehead atoms. The van der Waals surface area contributed by atoms with Gasteiger partial charge in [0.05, 0.1) is 10.3 Å². The minimum absolute atomic E-state index is 0.246. The zero-order valence-electron chi connectivity index (χ0n) is 15.5.